The third-order valence-electron chi connectivity index (χ3n) is 5.07. The van der Waals surface area contributed by atoms with Gasteiger partial charge in [-0.3, -0.25) is 9.36 Å². The first-order valence-electron chi connectivity index (χ1n) is 8.80. The zero-order valence-corrected chi connectivity index (χ0v) is 15.6. The summed E-state index contributed by atoms with van der Waals surface area (Å²) in [6.07, 6.45) is 0.248. The number of benzene rings is 2. The van der Waals surface area contributed by atoms with Crippen molar-refractivity contribution in [2.45, 2.75) is 24.9 Å². The van der Waals surface area contributed by atoms with Gasteiger partial charge in [0.25, 0.3) is 0 Å². The van der Waals surface area contributed by atoms with E-state index >= 15 is 0 Å². The highest BCUT2D eigenvalue weighted by Gasteiger charge is 2.33. The summed E-state index contributed by atoms with van der Waals surface area (Å²) in [4.78, 5) is 26.4. The minimum atomic E-state index is -0.431. The van der Waals surface area contributed by atoms with Crippen molar-refractivity contribution in [2.24, 2.45) is 5.73 Å². The zero-order chi connectivity index (χ0) is 18.1. The number of carbonyl (C=O) groups is 1. The summed E-state index contributed by atoms with van der Waals surface area (Å²) in [5.41, 5.74) is 8.68. The number of para-hydroxylation sites is 2. The molecule has 2 heterocycles. The quantitative estimate of drug-likeness (QED) is 0.745. The fourth-order valence-corrected chi connectivity index (χ4v) is 3.68. The van der Waals surface area contributed by atoms with Gasteiger partial charge < -0.3 is 15.1 Å². The van der Waals surface area contributed by atoms with Crippen molar-refractivity contribution in [3.05, 3.63) is 70.7 Å². The largest absolute Gasteiger partial charge is 0.419 e. The number of carbonyl (C=O) groups excluding carboxylic acids is 1. The number of nitrogens with two attached hydrogens (primary N) is 1. The number of fused-ring (bicyclic) bond motifs is 1. The third kappa shape index (κ3) is 3.77. The topological polar surface area (TPSA) is 81.5 Å². The molecule has 0 aliphatic carbocycles. The summed E-state index contributed by atoms with van der Waals surface area (Å²) in [6.45, 7) is 1.46. The lowest BCUT2D eigenvalue weighted by Crippen LogP contribution is -2.33. The lowest BCUT2D eigenvalue weighted by atomic mass is 9.95. The molecule has 1 saturated heterocycles. The predicted octanol–water partition coefficient (Wildman–Crippen LogP) is 2.36. The minimum absolute atomic E-state index is 0. The first-order chi connectivity index (χ1) is 12.6. The number of aryl methyl sites for hydroxylation is 1. The molecule has 0 bridgehead atoms. The van der Waals surface area contributed by atoms with Crippen LogP contribution in [-0.4, -0.2) is 34.5 Å². The van der Waals surface area contributed by atoms with E-state index < -0.39 is 5.76 Å². The lowest BCUT2D eigenvalue weighted by molar-refractivity contribution is -0.130. The molecular weight excluding hydrogens is 366 g/mol. The van der Waals surface area contributed by atoms with Crippen molar-refractivity contribution in [1.29, 1.82) is 0 Å². The lowest BCUT2D eigenvalue weighted by Gasteiger charge is -2.16. The van der Waals surface area contributed by atoms with Crippen molar-refractivity contribution < 1.29 is 9.21 Å². The van der Waals surface area contributed by atoms with Gasteiger partial charge in [-0.15, -0.1) is 12.4 Å². The molecule has 2 aromatic carbocycles. The molecule has 1 aliphatic rings. The Bertz CT molecular complexity index is 983. The van der Waals surface area contributed by atoms with E-state index in [4.69, 9.17) is 10.2 Å². The second kappa shape index (κ2) is 7.98. The van der Waals surface area contributed by atoms with Crippen LogP contribution in [0.1, 0.15) is 17.9 Å². The van der Waals surface area contributed by atoms with E-state index in [2.05, 4.69) is 12.1 Å². The van der Waals surface area contributed by atoms with Crippen LogP contribution in [-0.2, 0) is 11.3 Å². The molecule has 0 spiro atoms. The van der Waals surface area contributed by atoms with E-state index in [0.29, 0.717) is 30.7 Å². The monoisotopic (exact) mass is 387 g/mol. The van der Waals surface area contributed by atoms with Crippen LogP contribution in [0.25, 0.3) is 11.1 Å². The first-order valence-corrected chi connectivity index (χ1v) is 8.80. The van der Waals surface area contributed by atoms with E-state index in [0.717, 1.165) is 5.56 Å². The molecule has 0 radical (unpaired) electrons. The number of hydrogen-bond acceptors (Lipinski definition) is 4. The molecule has 1 aliphatic heterocycles. The van der Waals surface area contributed by atoms with Crippen LogP contribution in [0.2, 0.25) is 0 Å². The van der Waals surface area contributed by atoms with Gasteiger partial charge in [-0.1, -0.05) is 42.5 Å². The van der Waals surface area contributed by atoms with Crippen molar-refractivity contribution in [3.63, 3.8) is 0 Å². The second-order valence-electron chi connectivity index (χ2n) is 6.72. The highest BCUT2D eigenvalue weighted by molar-refractivity contribution is 5.85. The Kier molecular flexibility index (Phi) is 5.68. The highest BCUT2D eigenvalue weighted by atomic mass is 35.5. The van der Waals surface area contributed by atoms with Gasteiger partial charge in [-0.2, -0.15) is 0 Å². The molecule has 1 aromatic heterocycles. The second-order valence-corrected chi connectivity index (χ2v) is 6.72. The standard InChI is InChI=1S/C20H21N3O3.ClH/c21-16-13-22(12-15(16)14-6-2-1-3-7-14)19(24)10-11-23-17-8-4-5-9-18(17)26-20(23)25;/h1-9,15-16H,10-13,21H2;1H/t15-,16+;/m0./s1. The van der Waals surface area contributed by atoms with Gasteiger partial charge in [-0.25, -0.2) is 4.79 Å². The number of likely N-dealkylation sites (tertiary alicyclic amines) is 1. The van der Waals surface area contributed by atoms with Gasteiger partial charge in [0.1, 0.15) is 0 Å². The van der Waals surface area contributed by atoms with Gasteiger partial charge in [0.2, 0.25) is 5.91 Å². The van der Waals surface area contributed by atoms with Gasteiger partial charge in [0, 0.05) is 38.0 Å². The molecule has 4 rings (SSSR count). The summed E-state index contributed by atoms with van der Waals surface area (Å²) in [6, 6.07) is 17.2. The summed E-state index contributed by atoms with van der Waals surface area (Å²) in [5, 5.41) is 0. The van der Waals surface area contributed by atoms with Gasteiger partial charge >= 0.3 is 5.76 Å². The van der Waals surface area contributed by atoms with E-state index in [-0.39, 0.29) is 36.7 Å². The molecule has 3 aromatic rings. The van der Waals surface area contributed by atoms with Crippen LogP contribution < -0.4 is 11.5 Å². The Morgan fingerprint density at radius 2 is 1.78 bits per heavy atom. The third-order valence-corrected chi connectivity index (χ3v) is 5.07. The fourth-order valence-electron chi connectivity index (χ4n) is 3.68. The van der Waals surface area contributed by atoms with Crippen molar-refractivity contribution >= 4 is 29.4 Å². The molecule has 2 atom stereocenters. The molecule has 142 valence electrons. The number of rotatable bonds is 4. The number of nitrogens with zero attached hydrogens (tertiary/aromatic N) is 2. The van der Waals surface area contributed by atoms with E-state index in [1.54, 1.807) is 11.0 Å². The maximum Gasteiger partial charge on any atom is 0.419 e. The van der Waals surface area contributed by atoms with E-state index in [9.17, 15) is 9.59 Å². The summed E-state index contributed by atoms with van der Waals surface area (Å²) >= 11 is 0. The van der Waals surface area contributed by atoms with Crippen molar-refractivity contribution in [3.8, 4) is 0 Å². The van der Waals surface area contributed by atoms with Gasteiger partial charge in [-0.05, 0) is 17.7 Å². The Morgan fingerprint density at radius 1 is 1.07 bits per heavy atom. The highest BCUT2D eigenvalue weighted by Crippen LogP contribution is 2.26. The average Bonchev–Trinajstić information content (AvgIpc) is 3.20. The number of halogens is 1. The minimum Gasteiger partial charge on any atom is -0.408 e. The fraction of sp³-hybridized carbons (Fsp3) is 0.300. The predicted molar refractivity (Wildman–Crippen MR) is 106 cm³/mol. The molecule has 0 unspecified atom stereocenters. The molecule has 27 heavy (non-hydrogen) atoms. The van der Waals surface area contributed by atoms with Crippen LogP contribution in [0.3, 0.4) is 0 Å². The van der Waals surface area contributed by atoms with Crippen LogP contribution >= 0.6 is 12.4 Å². The Balaban J connectivity index is 0.00000210. The molecule has 1 amide bonds. The number of aromatic nitrogens is 1. The molecule has 7 heteroatoms. The molecule has 6 nitrogen and oxygen atoms in total. The molecule has 1 fully saturated rings. The Hall–Kier alpha value is -2.57. The summed E-state index contributed by atoms with van der Waals surface area (Å²) in [5.74, 6) is -0.270. The van der Waals surface area contributed by atoms with Gasteiger partial charge in [0.15, 0.2) is 5.58 Å². The SMILES string of the molecule is Cl.N[C@@H]1CN(C(=O)CCn2c(=O)oc3ccccc32)C[C@H]1c1ccccc1. The van der Waals surface area contributed by atoms with Crippen molar-refractivity contribution in [1.82, 2.24) is 9.47 Å². The van der Waals surface area contributed by atoms with Crippen LogP contribution in [0, 0.1) is 0 Å². The molecule has 0 saturated carbocycles. The smallest absolute Gasteiger partial charge is 0.408 e. The maximum atomic E-state index is 12.6. The molecular formula is C20H22ClN3O3. The van der Waals surface area contributed by atoms with Crippen LogP contribution in [0.15, 0.2) is 63.8 Å². The van der Waals surface area contributed by atoms with Crippen molar-refractivity contribution in [2.75, 3.05) is 13.1 Å². The normalized spacial score (nSPS) is 19.2. The number of hydrogen-bond donors (Lipinski definition) is 1. The summed E-state index contributed by atoms with van der Waals surface area (Å²) < 4.78 is 6.72. The zero-order valence-electron chi connectivity index (χ0n) is 14.8. The van der Waals surface area contributed by atoms with E-state index in [1.165, 1.54) is 4.57 Å². The maximum absolute atomic E-state index is 12.6. The number of amides is 1. The van der Waals surface area contributed by atoms with E-state index in [1.807, 2.05) is 36.4 Å². The number of oxazole rings is 1. The summed E-state index contributed by atoms with van der Waals surface area (Å²) in [7, 11) is 0. The first kappa shape index (κ1) is 19.2. The van der Waals surface area contributed by atoms with Crippen LogP contribution in [0.5, 0.6) is 0 Å². The van der Waals surface area contributed by atoms with Gasteiger partial charge in [0.05, 0.1) is 5.52 Å². The average molecular weight is 388 g/mol. The molecule has 2 N–H and O–H groups in total. The van der Waals surface area contributed by atoms with Crippen LogP contribution in [0.4, 0.5) is 0 Å². The Labute approximate surface area is 163 Å². The Morgan fingerprint density at radius 3 is 2.56 bits per heavy atom.